The number of hydrogen-bond donors (Lipinski definition) is 1. The molecule has 1 aromatic rings. The van der Waals surface area contributed by atoms with Crippen LogP contribution in [0, 0.1) is 0 Å². The maximum atomic E-state index is 11.5. The van der Waals surface area contributed by atoms with Crippen molar-refractivity contribution in [3.8, 4) is 0 Å². The third kappa shape index (κ3) is 2.75. The Morgan fingerprint density at radius 1 is 1.60 bits per heavy atom. The van der Waals surface area contributed by atoms with Crippen LogP contribution in [-0.2, 0) is 15.6 Å². The van der Waals surface area contributed by atoms with E-state index in [-0.39, 0.29) is 16.3 Å². The lowest BCUT2D eigenvalue weighted by Crippen LogP contribution is -2.17. The monoisotopic (exact) mass is 249 g/mol. The van der Waals surface area contributed by atoms with E-state index in [0.717, 1.165) is 11.3 Å². The molecule has 5 nitrogen and oxygen atoms in total. The molecule has 0 unspecified atom stereocenters. The van der Waals surface area contributed by atoms with Crippen LogP contribution in [0.4, 0.5) is 0 Å². The zero-order valence-electron chi connectivity index (χ0n) is 8.30. The van der Waals surface area contributed by atoms with Gasteiger partial charge in [0.15, 0.2) is 9.84 Å². The van der Waals surface area contributed by atoms with Crippen LogP contribution < -0.4 is 0 Å². The van der Waals surface area contributed by atoms with E-state index in [0.29, 0.717) is 0 Å². The second-order valence-corrected chi connectivity index (χ2v) is 6.70. The maximum Gasteiger partial charge on any atom is 0.347 e. The first-order valence-corrected chi connectivity index (χ1v) is 6.81. The van der Waals surface area contributed by atoms with E-state index in [1.165, 1.54) is 5.51 Å². The molecular weight excluding hydrogens is 238 g/mol. The van der Waals surface area contributed by atoms with Gasteiger partial charge < -0.3 is 5.11 Å². The molecule has 0 atom stereocenters. The number of carboxylic acid groups (broad SMARTS) is 1. The molecule has 0 aromatic carbocycles. The van der Waals surface area contributed by atoms with E-state index in [1.807, 2.05) is 0 Å². The van der Waals surface area contributed by atoms with Gasteiger partial charge in [0.05, 0.1) is 22.2 Å². The fourth-order valence-corrected chi connectivity index (χ4v) is 2.57. The summed E-state index contributed by atoms with van der Waals surface area (Å²) in [7, 11) is -3.30. The van der Waals surface area contributed by atoms with E-state index in [9.17, 15) is 13.2 Å². The van der Waals surface area contributed by atoms with Crippen molar-refractivity contribution in [2.24, 2.45) is 0 Å². The Morgan fingerprint density at radius 2 is 2.20 bits per heavy atom. The zero-order chi connectivity index (χ0) is 11.6. The summed E-state index contributed by atoms with van der Waals surface area (Å²) in [5.41, 5.74) is 1.47. The molecule has 7 heteroatoms. The first-order chi connectivity index (χ1) is 6.84. The van der Waals surface area contributed by atoms with Gasteiger partial charge in [-0.1, -0.05) is 0 Å². The molecule has 84 valence electrons. The Balaban J connectivity index is 3.01. The molecule has 0 saturated heterocycles. The standard InChI is InChI=1S/C8H11NO4S2/c1-5(2)15(12,13)3-6-7(8(10)11)14-4-9-6/h4-5H,3H2,1-2H3,(H,10,11). The van der Waals surface area contributed by atoms with Gasteiger partial charge in [0.2, 0.25) is 0 Å². The van der Waals surface area contributed by atoms with Gasteiger partial charge in [0.25, 0.3) is 0 Å². The lowest BCUT2D eigenvalue weighted by molar-refractivity contribution is 0.0701. The van der Waals surface area contributed by atoms with Crippen molar-refractivity contribution in [1.29, 1.82) is 0 Å². The number of hydrogen-bond acceptors (Lipinski definition) is 5. The van der Waals surface area contributed by atoms with Crippen molar-refractivity contribution in [3.63, 3.8) is 0 Å². The molecule has 0 aliphatic rings. The van der Waals surface area contributed by atoms with E-state index < -0.39 is 21.1 Å². The SMILES string of the molecule is CC(C)S(=O)(=O)Cc1ncsc1C(=O)O. The average molecular weight is 249 g/mol. The summed E-state index contributed by atoms with van der Waals surface area (Å²) in [4.78, 5) is 14.5. The summed E-state index contributed by atoms with van der Waals surface area (Å²) >= 11 is 0.935. The molecule has 0 aliphatic carbocycles. The van der Waals surface area contributed by atoms with Crippen LogP contribution in [0.2, 0.25) is 0 Å². The minimum absolute atomic E-state index is 0.000718. The molecule has 1 N–H and O–H groups in total. The van der Waals surface area contributed by atoms with Crippen LogP contribution in [0.3, 0.4) is 0 Å². The Labute approximate surface area is 91.7 Å². The van der Waals surface area contributed by atoms with Crippen LogP contribution in [0.25, 0.3) is 0 Å². The highest BCUT2D eigenvalue weighted by Crippen LogP contribution is 2.17. The number of carboxylic acids is 1. The second kappa shape index (κ2) is 4.28. The number of aromatic nitrogens is 1. The van der Waals surface area contributed by atoms with Gasteiger partial charge in [-0.05, 0) is 13.8 Å². The molecule has 0 bridgehead atoms. The molecule has 0 aliphatic heterocycles. The quantitative estimate of drug-likeness (QED) is 0.865. The van der Waals surface area contributed by atoms with Gasteiger partial charge in [-0.3, -0.25) is 0 Å². The normalized spacial score (nSPS) is 11.9. The number of rotatable bonds is 4. The lowest BCUT2D eigenvalue weighted by Gasteiger charge is -2.05. The summed E-state index contributed by atoms with van der Waals surface area (Å²) in [5, 5.41) is 8.24. The Kier molecular flexibility index (Phi) is 3.46. The van der Waals surface area contributed by atoms with Crippen molar-refractivity contribution in [2.45, 2.75) is 24.9 Å². The van der Waals surface area contributed by atoms with Gasteiger partial charge in [0, 0.05) is 0 Å². The van der Waals surface area contributed by atoms with Crippen molar-refractivity contribution in [3.05, 3.63) is 16.1 Å². The van der Waals surface area contributed by atoms with Crippen molar-refractivity contribution < 1.29 is 18.3 Å². The van der Waals surface area contributed by atoms with E-state index >= 15 is 0 Å². The molecule has 1 heterocycles. The molecule has 1 aromatic heterocycles. The minimum Gasteiger partial charge on any atom is -0.477 e. The highest BCUT2D eigenvalue weighted by molar-refractivity contribution is 7.91. The summed E-state index contributed by atoms with van der Waals surface area (Å²) < 4.78 is 23.1. The van der Waals surface area contributed by atoms with Crippen LogP contribution in [0.15, 0.2) is 5.51 Å². The molecule has 0 radical (unpaired) electrons. The van der Waals surface area contributed by atoms with E-state index in [2.05, 4.69) is 4.98 Å². The number of thiazole rings is 1. The highest BCUT2D eigenvalue weighted by atomic mass is 32.2. The highest BCUT2D eigenvalue weighted by Gasteiger charge is 2.22. The lowest BCUT2D eigenvalue weighted by atomic mass is 10.4. The van der Waals surface area contributed by atoms with Crippen LogP contribution in [-0.4, -0.2) is 29.7 Å². The third-order valence-corrected chi connectivity index (χ3v) is 4.86. The van der Waals surface area contributed by atoms with Crippen molar-refractivity contribution in [1.82, 2.24) is 4.98 Å². The zero-order valence-corrected chi connectivity index (χ0v) is 9.93. The van der Waals surface area contributed by atoms with Gasteiger partial charge in [0.1, 0.15) is 4.88 Å². The molecule has 0 fully saturated rings. The molecule has 15 heavy (non-hydrogen) atoms. The summed E-state index contributed by atoms with van der Waals surface area (Å²) in [6.07, 6.45) is 0. The fraction of sp³-hybridized carbons (Fsp3) is 0.500. The fourth-order valence-electron chi connectivity index (χ4n) is 0.903. The number of carbonyl (C=O) groups is 1. The number of aromatic carboxylic acids is 1. The molecule has 0 saturated carbocycles. The largest absolute Gasteiger partial charge is 0.477 e. The van der Waals surface area contributed by atoms with Crippen LogP contribution >= 0.6 is 11.3 Å². The molecule has 1 rings (SSSR count). The number of nitrogens with zero attached hydrogens (tertiary/aromatic N) is 1. The first kappa shape index (κ1) is 12.1. The minimum atomic E-state index is -3.30. The Morgan fingerprint density at radius 3 is 2.67 bits per heavy atom. The predicted octanol–water partition coefficient (Wildman–Crippen LogP) is 1.16. The molecular formula is C8H11NO4S2. The second-order valence-electron chi connectivity index (χ2n) is 3.29. The van der Waals surface area contributed by atoms with Gasteiger partial charge >= 0.3 is 5.97 Å². The molecule has 0 amide bonds. The summed E-state index contributed by atoms with van der Waals surface area (Å²) in [5.74, 6) is -1.44. The smallest absolute Gasteiger partial charge is 0.347 e. The maximum absolute atomic E-state index is 11.5. The van der Waals surface area contributed by atoms with Gasteiger partial charge in [-0.2, -0.15) is 0 Å². The Hall–Kier alpha value is -0.950. The van der Waals surface area contributed by atoms with E-state index in [1.54, 1.807) is 13.8 Å². The molecule has 0 spiro atoms. The van der Waals surface area contributed by atoms with Crippen molar-refractivity contribution >= 4 is 27.1 Å². The Bertz CT molecular complexity index is 461. The van der Waals surface area contributed by atoms with Gasteiger partial charge in [-0.15, -0.1) is 11.3 Å². The summed E-state index contributed by atoms with van der Waals surface area (Å²) in [6.45, 7) is 3.12. The van der Waals surface area contributed by atoms with Crippen LogP contribution in [0.5, 0.6) is 0 Å². The van der Waals surface area contributed by atoms with Gasteiger partial charge in [-0.25, -0.2) is 18.2 Å². The van der Waals surface area contributed by atoms with Crippen LogP contribution in [0.1, 0.15) is 29.2 Å². The van der Waals surface area contributed by atoms with E-state index in [4.69, 9.17) is 5.11 Å². The number of sulfone groups is 1. The first-order valence-electron chi connectivity index (χ1n) is 4.22. The van der Waals surface area contributed by atoms with Crippen molar-refractivity contribution in [2.75, 3.05) is 0 Å². The third-order valence-electron chi connectivity index (χ3n) is 1.89. The average Bonchev–Trinajstić information content (AvgIpc) is 2.51. The topological polar surface area (TPSA) is 84.3 Å². The predicted molar refractivity (Wildman–Crippen MR) is 56.8 cm³/mol. The summed E-state index contributed by atoms with van der Waals surface area (Å²) in [6, 6.07) is 0.